The zero-order valence-electron chi connectivity index (χ0n) is 6.26. The van der Waals surface area contributed by atoms with Crippen molar-refractivity contribution in [3.63, 3.8) is 0 Å². The molecule has 4 heteroatoms. The summed E-state index contributed by atoms with van der Waals surface area (Å²) in [6.45, 7) is -2.07. The van der Waals surface area contributed by atoms with Gasteiger partial charge in [-0.15, -0.1) is 12.1 Å². The molecule has 0 heterocycles. The van der Waals surface area contributed by atoms with Crippen molar-refractivity contribution in [1.29, 1.82) is 0 Å². The molecule has 1 nitrogen and oxygen atoms in total. The standard InChI is InChI=1S/C7H4F2O.CH3.Fm/c8-7(9)10-6-4-2-1-3-5-6;;/h1-4H;1H3;/q-2;-1;. The molecule has 0 saturated heterocycles. The molecule has 1 rings (SSSR count). The minimum absolute atomic E-state index is 0. The molecule has 0 saturated carbocycles. The molecule has 0 unspecified atom stereocenters. The van der Waals surface area contributed by atoms with Crippen molar-refractivity contribution in [2.24, 2.45) is 0 Å². The van der Waals surface area contributed by atoms with E-state index in [-0.39, 0.29) is 13.2 Å². The molecule has 12 heavy (non-hydrogen) atoms. The molecule has 74 valence electrons. The smallest absolute Gasteiger partial charge is 0.165 e. The molecule has 0 aliphatic carbocycles. The molecule has 0 atom stereocenters. The van der Waals surface area contributed by atoms with E-state index in [1.165, 1.54) is 12.1 Å². The van der Waals surface area contributed by atoms with Gasteiger partial charge < -0.3 is 20.9 Å². The van der Waals surface area contributed by atoms with Crippen molar-refractivity contribution >= 4 is 0 Å². The van der Waals surface area contributed by atoms with Gasteiger partial charge in [0.05, 0.1) is 0 Å². The summed E-state index contributed by atoms with van der Waals surface area (Å²) in [5.41, 5.74) is 0. The Kier molecular flexibility index (Phi) is 5.91. The van der Waals surface area contributed by atoms with Crippen LogP contribution in [0.4, 0.5) is 8.78 Å². The summed E-state index contributed by atoms with van der Waals surface area (Å²) < 4.78 is 26.7. The van der Waals surface area contributed by atoms with Crippen molar-refractivity contribution in [2.45, 2.75) is 0 Å². The Balaban J connectivity index is 0. The van der Waals surface area contributed by atoms with Crippen LogP contribution in [0.2, 0.25) is 0 Å². The fraction of sp³-hybridized carbons (Fsp3) is 0. The molecule has 0 aliphatic rings. The maximum absolute atomic E-state index is 11.4. The van der Waals surface area contributed by atoms with Gasteiger partial charge in [0, 0.05) is 0 Å². The van der Waals surface area contributed by atoms with Gasteiger partial charge in [-0.1, -0.05) is 0 Å². The zero-order valence-corrected chi connectivity index (χ0v) is 8.67. The normalized spacial score (nSPS) is 8.25. The van der Waals surface area contributed by atoms with E-state index in [0.29, 0.717) is 0 Å². The van der Waals surface area contributed by atoms with Crippen LogP contribution in [0.3, 0.4) is 0 Å². The van der Waals surface area contributed by atoms with Crippen LogP contribution in [0.1, 0.15) is 0 Å². The van der Waals surface area contributed by atoms with Crippen LogP contribution in [0, 0.1) is 20.1 Å². The Morgan fingerprint density at radius 2 is 2.00 bits per heavy atom. The summed E-state index contributed by atoms with van der Waals surface area (Å²) in [5.74, 6) is 0.0301. The third-order valence-corrected chi connectivity index (χ3v) is 0.868. The number of hydrogen-bond acceptors (Lipinski definition) is 1. The summed E-state index contributed by atoms with van der Waals surface area (Å²) >= 11 is 0. The van der Waals surface area contributed by atoms with Crippen LogP contribution in [-0.4, -0.2) is 0 Å². The summed E-state index contributed by atoms with van der Waals surface area (Å²) in [4.78, 5) is 0. The second-order valence-electron chi connectivity index (χ2n) is 1.55. The third kappa shape index (κ3) is 3.82. The van der Waals surface area contributed by atoms with Crippen molar-refractivity contribution < 1.29 is 13.5 Å². The Morgan fingerprint density at radius 3 is 2.42 bits per heavy atom. The van der Waals surface area contributed by atoms with Crippen molar-refractivity contribution in [3.8, 4) is 5.75 Å². The summed E-state index contributed by atoms with van der Waals surface area (Å²) in [7, 11) is 0. The first-order chi connectivity index (χ1) is 4.79. The number of halogens is 2. The third-order valence-electron chi connectivity index (χ3n) is 0.868. The average Bonchev–Trinajstić information content (AvgIpc) is 1.88. The van der Waals surface area contributed by atoms with Crippen LogP contribution in [0.25, 0.3) is 0 Å². The summed E-state index contributed by atoms with van der Waals surface area (Å²) in [6.07, 6.45) is 0. The number of hydrogen-bond donors (Lipinski definition) is 0. The largest absolute Gasteiger partial charge is 0.618 e. The predicted octanol–water partition coefficient (Wildman–Crippen LogP) is 2.70. The Bertz CT molecular complexity index is 192. The molecule has 0 amide bonds. The van der Waals surface area contributed by atoms with Gasteiger partial charge in [0.15, 0.2) is 6.61 Å². The maximum atomic E-state index is 11.4. The van der Waals surface area contributed by atoms with E-state index in [1.807, 2.05) is 0 Å². The van der Waals surface area contributed by atoms with Gasteiger partial charge in [-0.25, -0.2) is 0 Å². The molecule has 0 fully saturated rings. The van der Waals surface area contributed by atoms with Crippen LogP contribution < -0.4 is 4.74 Å². The molecular weight excluding hydrogens is 407 g/mol. The van der Waals surface area contributed by atoms with Crippen LogP contribution in [0.15, 0.2) is 24.3 Å². The fourth-order valence-electron chi connectivity index (χ4n) is 0.523. The zero-order chi connectivity index (χ0) is 7.40. The first-order valence-corrected chi connectivity index (χ1v) is 2.61. The second-order valence-corrected chi connectivity index (χ2v) is 1.55. The number of ether oxygens (including phenoxy) is 1. The van der Waals surface area contributed by atoms with Crippen molar-refractivity contribution in [3.05, 3.63) is 44.4 Å². The fourth-order valence-corrected chi connectivity index (χ4v) is 0.523. The average molecular weight is 414 g/mol. The molecule has 0 aliphatic heterocycles. The van der Waals surface area contributed by atoms with Gasteiger partial charge >= 0.3 is 0 Å². The van der Waals surface area contributed by atoms with Crippen molar-refractivity contribution in [1.82, 2.24) is 0 Å². The number of benzene rings is 1. The van der Waals surface area contributed by atoms with E-state index in [0.717, 1.165) is 0 Å². The van der Waals surface area contributed by atoms with Gasteiger partial charge in [-0.3, -0.25) is 0 Å². The van der Waals surface area contributed by atoms with Crippen LogP contribution >= 0.6 is 0 Å². The first kappa shape index (κ1) is 12.5. The topological polar surface area (TPSA) is 9.23 Å². The number of rotatable bonds is 2. The predicted molar refractivity (Wildman–Crippen MR) is 37.8 cm³/mol. The molecular formula is C8H7F2FmO-3. The van der Waals surface area contributed by atoms with Gasteiger partial charge in [0.2, 0.25) is 0 Å². The van der Waals surface area contributed by atoms with Crippen molar-refractivity contribution in [2.75, 3.05) is 0 Å². The molecule has 0 aromatic heterocycles. The van der Waals surface area contributed by atoms with Gasteiger partial charge in [-0.05, 0) is 5.75 Å². The van der Waals surface area contributed by atoms with E-state index in [1.54, 1.807) is 12.1 Å². The minimum atomic E-state index is -2.07. The van der Waals surface area contributed by atoms with E-state index in [9.17, 15) is 8.78 Å². The minimum Gasteiger partial charge on any atom is -0.618 e. The summed E-state index contributed by atoms with van der Waals surface area (Å²) in [6, 6.07) is 8.64. The van der Waals surface area contributed by atoms with E-state index in [2.05, 4.69) is 10.8 Å². The quantitative estimate of drug-likeness (QED) is 0.677. The Labute approximate surface area is 64.6 Å². The van der Waals surface area contributed by atoms with Gasteiger partial charge in [0.25, 0.3) is 0 Å². The molecule has 1 aromatic carbocycles. The Morgan fingerprint density at radius 1 is 1.33 bits per heavy atom. The molecule has 0 bridgehead atoms. The van der Waals surface area contributed by atoms with E-state index in [4.69, 9.17) is 0 Å². The second kappa shape index (κ2) is 5.65. The summed E-state index contributed by atoms with van der Waals surface area (Å²) in [5, 5.41) is 0. The maximum Gasteiger partial charge on any atom is 0.165 e. The Hall–Kier alpha value is -2.12. The number of para-hydroxylation sites is 1. The molecule has 0 radical (unpaired) electrons. The monoisotopic (exact) mass is 414 g/mol. The van der Waals surface area contributed by atoms with E-state index < -0.39 is 6.61 Å². The van der Waals surface area contributed by atoms with Gasteiger partial charge in [0.1, 0.15) is 0 Å². The molecule has 1 aromatic rings. The van der Waals surface area contributed by atoms with E-state index >= 15 is 0 Å². The van der Waals surface area contributed by atoms with Gasteiger partial charge in [-0.2, -0.15) is 18.2 Å². The molecule has 0 spiro atoms. The van der Waals surface area contributed by atoms with Crippen LogP contribution in [0.5, 0.6) is 5.75 Å². The van der Waals surface area contributed by atoms with Crippen LogP contribution in [-0.2, 0) is 0 Å². The SMILES string of the molecule is F[C-](F)Oc1[c-]cccc1.[CH3-].[Fm]. The first-order valence-electron chi connectivity index (χ1n) is 2.61. The molecule has 0 N–H and O–H groups in total.